The lowest BCUT2D eigenvalue weighted by Gasteiger charge is -2.56. The Kier molecular flexibility index (Phi) is 9.28. The third-order valence-corrected chi connectivity index (χ3v) is 14.4. The van der Waals surface area contributed by atoms with Crippen LogP contribution in [0.4, 0.5) is 0 Å². The summed E-state index contributed by atoms with van der Waals surface area (Å²) >= 11 is 0. The Morgan fingerprint density at radius 1 is 0.585 bits per heavy atom. The summed E-state index contributed by atoms with van der Waals surface area (Å²) in [6, 6.07) is 33.7. The fourth-order valence-corrected chi connectivity index (χ4v) is 11.5. The van der Waals surface area contributed by atoms with Crippen molar-refractivity contribution in [2.75, 3.05) is 0 Å². The van der Waals surface area contributed by atoms with Crippen LogP contribution in [0.2, 0.25) is 0 Å². The molecule has 6 atom stereocenters. The lowest BCUT2D eigenvalue weighted by Crippen LogP contribution is -2.60. The first kappa shape index (κ1) is 35.6. The van der Waals surface area contributed by atoms with Crippen LogP contribution >= 0.6 is 0 Å². The minimum absolute atomic E-state index is 0.0836. The molecule has 0 bridgehead atoms. The van der Waals surface area contributed by atoms with Gasteiger partial charge in [-0.15, -0.1) is 0 Å². The highest BCUT2D eigenvalue weighted by Gasteiger charge is 2.58. The average Bonchev–Trinajstić information content (AvgIpc) is 3.17. The zero-order valence-electron chi connectivity index (χ0n) is 32.0. The molecule has 5 heteroatoms. The van der Waals surface area contributed by atoms with E-state index in [1.807, 2.05) is 36.4 Å². The number of ether oxygens (including phenoxy) is 2. The number of carbonyl (C=O) groups is 2. The second-order valence-corrected chi connectivity index (χ2v) is 17.5. The van der Waals surface area contributed by atoms with E-state index in [1.54, 1.807) is 0 Å². The molecule has 0 aliphatic heterocycles. The molecule has 53 heavy (non-hydrogen) atoms. The first-order valence-corrected chi connectivity index (χ1v) is 20.0. The van der Waals surface area contributed by atoms with Crippen LogP contribution in [0.5, 0.6) is 11.5 Å². The molecule has 276 valence electrons. The second-order valence-electron chi connectivity index (χ2n) is 17.5. The molecule has 0 aromatic heterocycles. The van der Waals surface area contributed by atoms with Crippen molar-refractivity contribution in [2.24, 2.45) is 22.7 Å². The van der Waals surface area contributed by atoms with E-state index in [0.29, 0.717) is 13.2 Å². The smallest absolute Gasteiger partial charge is 0.232 e. The van der Waals surface area contributed by atoms with Gasteiger partial charge in [0.05, 0.1) is 10.8 Å². The Morgan fingerprint density at radius 3 is 1.42 bits per heavy atom. The Balaban J connectivity index is 1.00. The molecule has 4 aliphatic rings. The van der Waals surface area contributed by atoms with Gasteiger partial charge < -0.3 is 9.47 Å². The van der Waals surface area contributed by atoms with Crippen molar-refractivity contribution in [3.8, 4) is 11.5 Å². The van der Waals surface area contributed by atoms with E-state index in [-0.39, 0.29) is 34.5 Å². The predicted molar refractivity (Wildman–Crippen MR) is 210 cm³/mol. The summed E-state index contributed by atoms with van der Waals surface area (Å²) in [6.07, 6.45) is 9.28. The highest BCUT2D eigenvalue weighted by atomic mass is 16.5. The van der Waals surface area contributed by atoms with Gasteiger partial charge in [0, 0.05) is 0 Å². The van der Waals surface area contributed by atoms with Gasteiger partial charge in [-0.3, -0.25) is 14.9 Å². The number of hydrogen-bond donors (Lipinski definition) is 1. The molecular weight excluding hydrogens is 655 g/mol. The zero-order valence-corrected chi connectivity index (χ0v) is 32.0. The van der Waals surface area contributed by atoms with Gasteiger partial charge in [0.1, 0.15) is 24.7 Å². The van der Waals surface area contributed by atoms with Gasteiger partial charge in [-0.25, -0.2) is 0 Å². The summed E-state index contributed by atoms with van der Waals surface area (Å²) < 4.78 is 12.6. The average molecular weight is 710 g/mol. The topological polar surface area (TPSA) is 64.6 Å². The summed E-state index contributed by atoms with van der Waals surface area (Å²) in [5, 5.41) is 3.12. The van der Waals surface area contributed by atoms with E-state index in [9.17, 15) is 9.59 Å². The summed E-state index contributed by atoms with van der Waals surface area (Å²) in [5.41, 5.74) is 6.00. The molecule has 5 nitrogen and oxygen atoms in total. The van der Waals surface area contributed by atoms with E-state index in [4.69, 9.17) is 9.47 Å². The summed E-state index contributed by atoms with van der Waals surface area (Å²) in [5.74, 6) is 1.85. The second kappa shape index (κ2) is 13.8. The van der Waals surface area contributed by atoms with Crippen molar-refractivity contribution < 1.29 is 19.1 Å². The normalized spacial score (nSPS) is 30.1. The molecule has 4 aromatic carbocycles. The Morgan fingerprint density at radius 2 is 1.00 bits per heavy atom. The van der Waals surface area contributed by atoms with E-state index in [1.165, 1.54) is 22.3 Å². The maximum absolute atomic E-state index is 14.6. The molecule has 2 fully saturated rings. The first-order chi connectivity index (χ1) is 25.5. The van der Waals surface area contributed by atoms with Crippen molar-refractivity contribution in [1.82, 2.24) is 5.32 Å². The molecule has 0 saturated heterocycles. The third kappa shape index (κ3) is 6.28. The van der Waals surface area contributed by atoms with Crippen molar-refractivity contribution in [3.05, 3.63) is 130 Å². The monoisotopic (exact) mass is 709 g/mol. The molecule has 1 N–H and O–H groups in total. The number of fused-ring (bicyclic) bond motifs is 6. The van der Waals surface area contributed by atoms with E-state index in [2.05, 4.69) is 93.7 Å². The van der Waals surface area contributed by atoms with Gasteiger partial charge in [0.2, 0.25) is 11.8 Å². The maximum Gasteiger partial charge on any atom is 0.232 e. The number of carbonyl (C=O) groups excluding carboxylic acids is 2. The van der Waals surface area contributed by atoms with Gasteiger partial charge in [0.15, 0.2) is 0 Å². The van der Waals surface area contributed by atoms with Crippen LogP contribution < -0.4 is 14.8 Å². The number of aryl methyl sites for hydroxylation is 2. The highest BCUT2D eigenvalue weighted by Crippen LogP contribution is 2.60. The zero-order chi connectivity index (χ0) is 36.8. The Hall–Kier alpha value is -4.38. The minimum atomic E-state index is -0.639. The molecule has 0 radical (unpaired) electrons. The van der Waals surface area contributed by atoms with Crippen LogP contribution in [-0.4, -0.2) is 11.8 Å². The quantitative estimate of drug-likeness (QED) is 0.185. The highest BCUT2D eigenvalue weighted by molar-refractivity contribution is 6.00. The summed E-state index contributed by atoms with van der Waals surface area (Å²) in [4.78, 5) is 29.3. The van der Waals surface area contributed by atoms with Crippen molar-refractivity contribution in [3.63, 3.8) is 0 Å². The molecule has 0 unspecified atom stereocenters. The van der Waals surface area contributed by atoms with Crippen LogP contribution in [-0.2, 0) is 46.5 Å². The predicted octanol–water partition coefficient (Wildman–Crippen LogP) is 10.2. The lowest BCUT2D eigenvalue weighted by atomic mass is 9.49. The van der Waals surface area contributed by atoms with Crippen molar-refractivity contribution in [2.45, 2.75) is 116 Å². The number of imide groups is 1. The fraction of sp³-hybridized carbons (Fsp3) is 0.458. The minimum Gasteiger partial charge on any atom is -0.489 e. The first-order valence-electron chi connectivity index (χ1n) is 20.0. The van der Waals surface area contributed by atoms with E-state index in [0.717, 1.165) is 86.8 Å². The molecule has 0 spiro atoms. The van der Waals surface area contributed by atoms with Crippen molar-refractivity contribution >= 4 is 11.8 Å². The number of amides is 2. The number of benzene rings is 4. The number of hydrogen-bond acceptors (Lipinski definition) is 4. The van der Waals surface area contributed by atoms with Crippen LogP contribution in [0.3, 0.4) is 0 Å². The van der Waals surface area contributed by atoms with Gasteiger partial charge in [-0.05, 0) is 132 Å². The van der Waals surface area contributed by atoms with Gasteiger partial charge in [-0.2, -0.15) is 0 Å². The fourth-order valence-electron chi connectivity index (χ4n) is 11.5. The van der Waals surface area contributed by atoms with Crippen LogP contribution in [0.25, 0.3) is 0 Å². The summed E-state index contributed by atoms with van der Waals surface area (Å²) in [7, 11) is 0. The van der Waals surface area contributed by atoms with Crippen LogP contribution in [0, 0.1) is 22.7 Å². The number of rotatable bonds is 8. The molecule has 4 aliphatic carbocycles. The molecule has 4 aromatic rings. The molecule has 8 rings (SSSR count). The molecule has 2 amide bonds. The number of nitrogens with one attached hydrogen (secondary N) is 1. The third-order valence-electron chi connectivity index (χ3n) is 14.4. The molecule has 0 heterocycles. The lowest BCUT2D eigenvalue weighted by molar-refractivity contribution is -0.150. The Labute approximate surface area is 315 Å². The largest absolute Gasteiger partial charge is 0.489 e. The maximum atomic E-state index is 14.6. The SMILES string of the molecule is C[C@@]1(C(=O)NC(=O)[C@]2(C)CCC[C@]3(C)c4cc(OCc5ccccc5)ccc4CC[C@@H]23)CCC[C@]2(C)c3cc(OCc4ccccc4)ccc3CC[C@@H]12. The van der Waals surface area contributed by atoms with E-state index >= 15 is 0 Å². The van der Waals surface area contributed by atoms with Gasteiger partial charge in [0.25, 0.3) is 0 Å². The molecule has 2 saturated carbocycles. The standard InChI is InChI=1S/C48H55NO4/c1-45-25-11-27-47(3,41(45)23-19-35-17-21-37(29-39(35)45)52-31-33-13-7-5-8-14-33)43(50)49-44(51)48(4)28-12-26-46(2)40-30-38(22-18-36(40)20-24-42(46)48)53-32-34-15-9-6-10-16-34/h5-10,13-18,21-22,29-30,41-42H,11-12,19-20,23-28,31-32H2,1-4H3,(H,49,50,51)/t41-,42-,45-,46-,47-,48-/m1/s1. The molecular formula is C48H55NO4. The van der Waals surface area contributed by atoms with Gasteiger partial charge in [-0.1, -0.05) is 113 Å². The summed E-state index contributed by atoms with van der Waals surface area (Å²) in [6.45, 7) is 10.0. The van der Waals surface area contributed by atoms with E-state index < -0.39 is 10.8 Å². The van der Waals surface area contributed by atoms with Crippen molar-refractivity contribution in [1.29, 1.82) is 0 Å². The van der Waals surface area contributed by atoms with Gasteiger partial charge >= 0.3 is 0 Å². The van der Waals surface area contributed by atoms with Crippen LogP contribution in [0.15, 0.2) is 97.1 Å². The Bertz CT molecular complexity index is 1850. The van der Waals surface area contributed by atoms with Crippen LogP contribution in [0.1, 0.15) is 112 Å².